The van der Waals surface area contributed by atoms with Crippen molar-refractivity contribution in [2.45, 2.75) is 38.0 Å². The van der Waals surface area contributed by atoms with Crippen LogP contribution in [0.3, 0.4) is 0 Å². The van der Waals surface area contributed by atoms with Gasteiger partial charge in [-0.15, -0.1) is 0 Å². The van der Waals surface area contributed by atoms with Crippen LogP contribution in [0.15, 0.2) is 30.3 Å². The van der Waals surface area contributed by atoms with Gasteiger partial charge in [-0.05, 0) is 18.4 Å². The minimum Gasteiger partial charge on any atom is -0.196 e. The highest BCUT2D eigenvalue weighted by atomic mass is 14.6. The van der Waals surface area contributed by atoms with Gasteiger partial charge in [0.25, 0.3) is 0 Å². The lowest BCUT2D eigenvalue weighted by atomic mass is 9.54. The monoisotopic (exact) mass is 288 g/mol. The molecule has 1 fully saturated rings. The third-order valence-electron chi connectivity index (χ3n) is 4.68. The van der Waals surface area contributed by atoms with Gasteiger partial charge in [0.05, 0.1) is 24.3 Å². The average Bonchev–Trinajstić information content (AvgIpc) is 2.57. The van der Waals surface area contributed by atoms with Crippen molar-refractivity contribution < 1.29 is 0 Å². The van der Waals surface area contributed by atoms with Crippen LogP contribution in [0.4, 0.5) is 0 Å². The molecule has 0 bridgehead atoms. The summed E-state index contributed by atoms with van der Waals surface area (Å²) >= 11 is 0. The van der Waals surface area contributed by atoms with Crippen molar-refractivity contribution in [2.75, 3.05) is 0 Å². The summed E-state index contributed by atoms with van der Waals surface area (Å²) in [7, 11) is 0. The molecule has 108 valence electrons. The Balaban J connectivity index is 2.69. The fourth-order valence-corrected chi connectivity index (χ4v) is 3.41. The molecule has 1 aromatic carbocycles. The molecule has 0 amide bonds. The van der Waals surface area contributed by atoms with E-state index < -0.39 is 16.7 Å². The molecular formula is C18H16N4. The van der Waals surface area contributed by atoms with Gasteiger partial charge in [0, 0.05) is 5.92 Å². The van der Waals surface area contributed by atoms with E-state index in [1.165, 1.54) is 0 Å². The summed E-state index contributed by atoms with van der Waals surface area (Å²) in [4.78, 5) is 0. The summed E-state index contributed by atoms with van der Waals surface area (Å²) in [6, 6.07) is 17.5. The first-order valence-corrected chi connectivity index (χ1v) is 7.39. The molecule has 22 heavy (non-hydrogen) atoms. The van der Waals surface area contributed by atoms with Crippen LogP contribution in [0.5, 0.6) is 0 Å². The van der Waals surface area contributed by atoms with Crippen LogP contribution in [0, 0.1) is 56.2 Å². The van der Waals surface area contributed by atoms with Crippen LogP contribution < -0.4 is 0 Å². The first-order chi connectivity index (χ1) is 10.7. The summed E-state index contributed by atoms with van der Waals surface area (Å²) in [6.45, 7) is 0. The van der Waals surface area contributed by atoms with Gasteiger partial charge in [0.1, 0.15) is 0 Å². The number of hydrogen-bond donors (Lipinski definition) is 0. The molecule has 0 radical (unpaired) electrons. The quantitative estimate of drug-likeness (QED) is 0.785. The van der Waals surface area contributed by atoms with Crippen LogP contribution in [0.1, 0.15) is 43.6 Å². The lowest BCUT2D eigenvalue weighted by molar-refractivity contribution is 0.197. The Morgan fingerprint density at radius 3 is 2.00 bits per heavy atom. The second-order valence-corrected chi connectivity index (χ2v) is 5.72. The Morgan fingerprint density at radius 2 is 1.45 bits per heavy atom. The third-order valence-corrected chi connectivity index (χ3v) is 4.68. The molecule has 2 rings (SSSR count). The van der Waals surface area contributed by atoms with Crippen LogP contribution >= 0.6 is 0 Å². The molecule has 4 heteroatoms. The van der Waals surface area contributed by atoms with Crippen molar-refractivity contribution in [2.24, 2.45) is 10.8 Å². The second-order valence-electron chi connectivity index (χ2n) is 5.72. The smallest absolute Gasteiger partial charge is 0.182 e. The molecule has 1 aliphatic rings. The van der Waals surface area contributed by atoms with E-state index in [2.05, 4.69) is 12.1 Å². The summed E-state index contributed by atoms with van der Waals surface area (Å²) < 4.78 is 0. The first kappa shape index (κ1) is 15.6. The van der Waals surface area contributed by atoms with Gasteiger partial charge < -0.3 is 0 Å². The van der Waals surface area contributed by atoms with E-state index in [0.29, 0.717) is 12.8 Å². The van der Waals surface area contributed by atoms with Crippen LogP contribution in [-0.4, -0.2) is 0 Å². The largest absolute Gasteiger partial charge is 0.196 e. The van der Waals surface area contributed by atoms with Gasteiger partial charge in [-0.3, -0.25) is 0 Å². The predicted molar refractivity (Wildman–Crippen MR) is 79.6 cm³/mol. The number of nitrogens with zero attached hydrogens (tertiary/aromatic N) is 4. The molecule has 0 saturated heterocycles. The summed E-state index contributed by atoms with van der Waals surface area (Å²) in [5, 5.41) is 38.9. The van der Waals surface area contributed by atoms with Crippen molar-refractivity contribution in [3.8, 4) is 24.3 Å². The van der Waals surface area contributed by atoms with E-state index >= 15 is 0 Å². The van der Waals surface area contributed by atoms with E-state index in [4.69, 9.17) is 0 Å². The molecule has 0 spiro atoms. The van der Waals surface area contributed by atoms with E-state index in [1.807, 2.05) is 42.5 Å². The molecule has 0 N–H and O–H groups in total. The Labute approximate surface area is 130 Å². The van der Waals surface area contributed by atoms with Crippen LogP contribution in [-0.2, 0) is 0 Å². The maximum atomic E-state index is 9.81. The third kappa shape index (κ3) is 2.20. The minimum atomic E-state index is -1.64. The topological polar surface area (TPSA) is 95.2 Å². The Morgan fingerprint density at radius 1 is 0.818 bits per heavy atom. The summed E-state index contributed by atoms with van der Waals surface area (Å²) in [5.74, 6) is -0.428. The highest BCUT2D eigenvalue weighted by Gasteiger charge is 2.59. The molecule has 1 unspecified atom stereocenters. The van der Waals surface area contributed by atoms with Gasteiger partial charge in [-0.25, -0.2) is 0 Å². The molecular weight excluding hydrogens is 272 g/mol. The maximum Gasteiger partial charge on any atom is 0.182 e. The SMILES string of the molecule is N#CC1(C#N)CCCCCC(c2ccccc2)C1(C#N)C#N. The molecule has 1 atom stereocenters. The Kier molecular flexibility index (Phi) is 4.46. The first-order valence-electron chi connectivity index (χ1n) is 7.39. The van der Waals surface area contributed by atoms with Gasteiger partial charge in [0.15, 0.2) is 10.8 Å². The number of hydrogen-bond acceptors (Lipinski definition) is 4. The molecule has 1 saturated carbocycles. The van der Waals surface area contributed by atoms with Crippen LogP contribution in [0.25, 0.3) is 0 Å². The van der Waals surface area contributed by atoms with E-state index in [9.17, 15) is 21.0 Å². The number of benzene rings is 1. The molecule has 0 aromatic heterocycles. The Hall–Kier alpha value is -2.82. The lowest BCUT2D eigenvalue weighted by Crippen LogP contribution is -2.44. The lowest BCUT2D eigenvalue weighted by Gasteiger charge is -2.39. The fourth-order valence-electron chi connectivity index (χ4n) is 3.41. The van der Waals surface area contributed by atoms with Crippen molar-refractivity contribution in [1.82, 2.24) is 0 Å². The van der Waals surface area contributed by atoms with Crippen molar-refractivity contribution in [3.63, 3.8) is 0 Å². The second kappa shape index (κ2) is 6.30. The van der Waals surface area contributed by atoms with Crippen molar-refractivity contribution in [3.05, 3.63) is 35.9 Å². The fraction of sp³-hybridized carbons (Fsp3) is 0.444. The highest BCUT2D eigenvalue weighted by Crippen LogP contribution is 2.54. The van der Waals surface area contributed by atoms with Gasteiger partial charge >= 0.3 is 0 Å². The molecule has 4 nitrogen and oxygen atoms in total. The number of rotatable bonds is 1. The molecule has 0 aliphatic heterocycles. The van der Waals surface area contributed by atoms with E-state index in [0.717, 1.165) is 18.4 Å². The maximum absolute atomic E-state index is 9.81. The highest BCUT2D eigenvalue weighted by molar-refractivity contribution is 5.41. The summed E-state index contributed by atoms with van der Waals surface area (Å²) in [6.07, 6.45) is 3.38. The van der Waals surface area contributed by atoms with E-state index in [-0.39, 0.29) is 6.42 Å². The van der Waals surface area contributed by atoms with Crippen molar-refractivity contribution >= 4 is 0 Å². The zero-order valence-electron chi connectivity index (χ0n) is 12.3. The average molecular weight is 288 g/mol. The molecule has 1 aromatic rings. The molecule has 1 aliphatic carbocycles. The minimum absolute atomic E-state index is 0.268. The standard InChI is InChI=1S/C18H16N4/c19-11-17(12-20)10-6-2-5-9-16(18(17,13-21)14-22)15-7-3-1-4-8-15/h1,3-4,7-8,16H,2,5-6,9-10H2. The van der Waals surface area contributed by atoms with E-state index in [1.54, 1.807) is 0 Å². The summed E-state index contributed by atoms with van der Waals surface area (Å²) in [5.41, 5.74) is -2.38. The molecule has 0 heterocycles. The number of nitriles is 4. The zero-order valence-corrected chi connectivity index (χ0v) is 12.3. The van der Waals surface area contributed by atoms with Crippen molar-refractivity contribution in [1.29, 1.82) is 21.0 Å². The Bertz CT molecular complexity index is 666. The predicted octanol–water partition coefficient (Wildman–Crippen LogP) is 3.80. The normalized spacial score (nSPS) is 22.6. The van der Waals surface area contributed by atoms with Gasteiger partial charge in [-0.2, -0.15) is 21.0 Å². The zero-order chi connectivity index (χ0) is 16.1. The van der Waals surface area contributed by atoms with Crippen LogP contribution in [0.2, 0.25) is 0 Å². The van der Waals surface area contributed by atoms with Gasteiger partial charge in [-0.1, -0.05) is 49.6 Å². The van der Waals surface area contributed by atoms with Gasteiger partial charge in [0.2, 0.25) is 0 Å².